The molecule has 0 spiro atoms. The van der Waals surface area contributed by atoms with E-state index in [2.05, 4.69) is 0 Å². The van der Waals surface area contributed by atoms with Crippen molar-refractivity contribution in [2.75, 3.05) is 13.2 Å². The monoisotopic (exact) mass is 294 g/mol. The van der Waals surface area contributed by atoms with Gasteiger partial charge in [0.2, 0.25) is 5.78 Å². The van der Waals surface area contributed by atoms with Gasteiger partial charge in [-0.1, -0.05) is 24.3 Å². The smallest absolute Gasteiger partial charge is 0.202 e. The van der Waals surface area contributed by atoms with Gasteiger partial charge in [-0.15, -0.1) is 0 Å². The predicted molar refractivity (Wildman–Crippen MR) is 81.7 cm³/mol. The molecule has 22 heavy (non-hydrogen) atoms. The molecule has 0 amide bonds. The molecule has 0 N–H and O–H groups in total. The number of hydrogen-bond donors (Lipinski definition) is 0. The summed E-state index contributed by atoms with van der Waals surface area (Å²) in [4.78, 5) is 12.4. The van der Waals surface area contributed by atoms with Gasteiger partial charge in [0.25, 0.3) is 0 Å². The molecule has 0 unspecified atom stereocenters. The average molecular weight is 294 g/mol. The Labute approximate surface area is 127 Å². The number of ketones is 1. The van der Waals surface area contributed by atoms with Crippen molar-refractivity contribution in [2.24, 2.45) is 0 Å². The van der Waals surface area contributed by atoms with Crippen LogP contribution in [0, 0.1) is 0 Å². The first-order chi connectivity index (χ1) is 10.8. The lowest BCUT2D eigenvalue weighted by molar-refractivity contribution is 0.0968. The molecular formula is C18H14O4. The van der Waals surface area contributed by atoms with Crippen molar-refractivity contribution in [3.8, 4) is 11.5 Å². The molecule has 4 heteroatoms. The van der Waals surface area contributed by atoms with Gasteiger partial charge >= 0.3 is 0 Å². The zero-order valence-electron chi connectivity index (χ0n) is 11.9. The van der Waals surface area contributed by atoms with Crippen molar-refractivity contribution >= 4 is 16.8 Å². The van der Waals surface area contributed by atoms with E-state index >= 15 is 0 Å². The van der Waals surface area contributed by atoms with Gasteiger partial charge in [0.15, 0.2) is 17.3 Å². The summed E-state index contributed by atoms with van der Waals surface area (Å²) in [5, 5.41) is 0.938. The first kappa shape index (κ1) is 13.0. The Balaban J connectivity index is 1.58. The van der Waals surface area contributed by atoms with Crippen LogP contribution in [0.3, 0.4) is 0 Å². The summed E-state index contributed by atoms with van der Waals surface area (Å²) in [5.41, 5.74) is 1.61. The lowest BCUT2D eigenvalue weighted by Gasteiger charge is -2.18. The molecule has 3 aromatic rings. The Kier molecular flexibility index (Phi) is 3.07. The molecule has 1 aliphatic heterocycles. The summed E-state index contributed by atoms with van der Waals surface area (Å²) < 4.78 is 16.6. The number of furan rings is 1. The zero-order chi connectivity index (χ0) is 14.9. The molecule has 110 valence electrons. The standard InChI is InChI=1S/C18H14O4/c19-14(17-11-13-3-1-2-4-15(13)22-17)9-12-5-6-16-18(10-12)21-8-7-20-16/h1-6,10-11H,7-9H2. The highest BCUT2D eigenvalue weighted by Gasteiger charge is 2.16. The first-order valence-electron chi connectivity index (χ1n) is 7.20. The van der Waals surface area contributed by atoms with Crippen LogP contribution in [0.1, 0.15) is 16.1 Å². The summed E-state index contributed by atoms with van der Waals surface area (Å²) in [7, 11) is 0. The highest BCUT2D eigenvalue weighted by Crippen LogP contribution is 2.31. The second kappa shape index (κ2) is 5.22. The van der Waals surface area contributed by atoms with Crippen LogP contribution in [0.4, 0.5) is 0 Å². The van der Waals surface area contributed by atoms with Gasteiger partial charge in [0.05, 0.1) is 0 Å². The molecule has 0 saturated heterocycles. The van der Waals surface area contributed by atoms with E-state index in [1.807, 2.05) is 42.5 Å². The normalized spacial score (nSPS) is 13.3. The molecule has 4 nitrogen and oxygen atoms in total. The lowest BCUT2D eigenvalue weighted by Crippen LogP contribution is -2.15. The maximum atomic E-state index is 12.4. The van der Waals surface area contributed by atoms with E-state index in [0.29, 0.717) is 24.7 Å². The minimum atomic E-state index is -0.0483. The van der Waals surface area contributed by atoms with E-state index in [1.54, 1.807) is 6.07 Å². The van der Waals surface area contributed by atoms with Crippen LogP contribution in [0.2, 0.25) is 0 Å². The topological polar surface area (TPSA) is 48.7 Å². The predicted octanol–water partition coefficient (Wildman–Crippen LogP) is 3.63. The Morgan fingerprint density at radius 2 is 1.77 bits per heavy atom. The van der Waals surface area contributed by atoms with Gasteiger partial charge in [0, 0.05) is 11.8 Å². The van der Waals surface area contributed by atoms with Crippen LogP contribution in [0.15, 0.2) is 52.9 Å². The molecule has 2 heterocycles. The summed E-state index contributed by atoms with van der Waals surface area (Å²) in [6.07, 6.45) is 0.274. The Bertz CT molecular complexity index is 814. The van der Waals surface area contributed by atoms with E-state index in [0.717, 1.165) is 22.3 Å². The third-order valence-electron chi connectivity index (χ3n) is 3.67. The first-order valence-corrected chi connectivity index (χ1v) is 7.20. The highest BCUT2D eigenvalue weighted by atomic mass is 16.6. The number of carbonyl (C=O) groups excluding carboxylic acids is 1. The SMILES string of the molecule is O=C(Cc1ccc2c(c1)OCCO2)c1cc2ccccc2o1. The third-order valence-corrected chi connectivity index (χ3v) is 3.67. The lowest BCUT2D eigenvalue weighted by atomic mass is 10.1. The fourth-order valence-electron chi connectivity index (χ4n) is 2.59. The molecule has 0 aliphatic carbocycles. The number of fused-ring (bicyclic) bond motifs is 2. The maximum absolute atomic E-state index is 12.4. The molecule has 1 aromatic heterocycles. The van der Waals surface area contributed by atoms with E-state index in [9.17, 15) is 4.79 Å². The van der Waals surface area contributed by atoms with Crippen molar-refractivity contribution < 1.29 is 18.7 Å². The number of rotatable bonds is 3. The summed E-state index contributed by atoms with van der Waals surface area (Å²) in [6.45, 7) is 1.10. The minimum Gasteiger partial charge on any atom is -0.486 e. The number of benzene rings is 2. The molecular weight excluding hydrogens is 280 g/mol. The number of ether oxygens (including phenoxy) is 2. The average Bonchev–Trinajstić information content (AvgIpc) is 2.99. The van der Waals surface area contributed by atoms with Crippen molar-refractivity contribution in [1.82, 2.24) is 0 Å². The van der Waals surface area contributed by atoms with Gasteiger partial charge in [-0.2, -0.15) is 0 Å². The van der Waals surface area contributed by atoms with Crippen LogP contribution < -0.4 is 9.47 Å². The Hall–Kier alpha value is -2.75. The van der Waals surface area contributed by atoms with Gasteiger partial charge in [-0.25, -0.2) is 0 Å². The van der Waals surface area contributed by atoms with E-state index in [4.69, 9.17) is 13.9 Å². The van der Waals surface area contributed by atoms with Crippen molar-refractivity contribution in [3.05, 3.63) is 59.9 Å². The van der Waals surface area contributed by atoms with E-state index in [-0.39, 0.29) is 12.2 Å². The second-order valence-electron chi connectivity index (χ2n) is 5.23. The van der Waals surface area contributed by atoms with Crippen LogP contribution >= 0.6 is 0 Å². The molecule has 0 radical (unpaired) electrons. The van der Waals surface area contributed by atoms with Gasteiger partial charge in [-0.3, -0.25) is 4.79 Å². The van der Waals surface area contributed by atoms with Crippen LogP contribution in [-0.2, 0) is 6.42 Å². The molecule has 0 atom stereocenters. The van der Waals surface area contributed by atoms with Gasteiger partial charge in [-0.05, 0) is 29.8 Å². The summed E-state index contributed by atoms with van der Waals surface area (Å²) >= 11 is 0. The summed E-state index contributed by atoms with van der Waals surface area (Å²) in [5.74, 6) is 1.76. The van der Waals surface area contributed by atoms with Crippen molar-refractivity contribution in [2.45, 2.75) is 6.42 Å². The molecule has 0 saturated carbocycles. The number of hydrogen-bond acceptors (Lipinski definition) is 4. The van der Waals surface area contributed by atoms with E-state index in [1.165, 1.54) is 0 Å². The second-order valence-corrected chi connectivity index (χ2v) is 5.23. The highest BCUT2D eigenvalue weighted by molar-refractivity contribution is 5.98. The molecule has 0 fully saturated rings. The van der Waals surface area contributed by atoms with Crippen LogP contribution in [0.5, 0.6) is 11.5 Å². The fourth-order valence-corrected chi connectivity index (χ4v) is 2.59. The van der Waals surface area contributed by atoms with Crippen LogP contribution in [0.25, 0.3) is 11.0 Å². The quantitative estimate of drug-likeness (QED) is 0.692. The van der Waals surface area contributed by atoms with Crippen LogP contribution in [-0.4, -0.2) is 19.0 Å². The molecule has 2 aromatic carbocycles. The number of Topliss-reactive ketones (excluding diaryl/α,β-unsaturated/α-hetero) is 1. The van der Waals surface area contributed by atoms with E-state index < -0.39 is 0 Å². The summed E-state index contributed by atoms with van der Waals surface area (Å²) in [6, 6.07) is 15.0. The Morgan fingerprint density at radius 3 is 2.64 bits per heavy atom. The molecule has 1 aliphatic rings. The largest absolute Gasteiger partial charge is 0.486 e. The number of carbonyl (C=O) groups is 1. The zero-order valence-corrected chi connectivity index (χ0v) is 11.9. The van der Waals surface area contributed by atoms with Gasteiger partial charge < -0.3 is 13.9 Å². The minimum absolute atomic E-state index is 0.0483. The van der Waals surface area contributed by atoms with Crippen molar-refractivity contribution in [1.29, 1.82) is 0 Å². The molecule has 0 bridgehead atoms. The molecule has 4 rings (SSSR count). The third kappa shape index (κ3) is 2.33. The van der Waals surface area contributed by atoms with Crippen molar-refractivity contribution in [3.63, 3.8) is 0 Å². The van der Waals surface area contributed by atoms with Gasteiger partial charge in [0.1, 0.15) is 18.8 Å². The Morgan fingerprint density at radius 1 is 0.955 bits per heavy atom. The maximum Gasteiger partial charge on any atom is 0.202 e. The fraction of sp³-hybridized carbons (Fsp3) is 0.167. The number of para-hydroxylation sites is 1.